The Hall–Kier alpha value is -2.66. The molecule has 0 N–H and O–H groups in total. The first-order valence-electron chi connectivity index (χ1n) is 9.93. The summed E-state index contributed by atoms with van der Waals surface area (Å²) >= 11 is 0. The van der Waals surface area contributed by atoms with Crippen molar-refractivity contribution in [1.82, 2.24) is 14.2 Å². The number of amides is 1. The zero-order valence-electron chi connectivity index (χ0n) is 18.3. The van der Waals surface area contributed by atoms with Gasteiger partial charge in [0.05, 0.1) is 10.5 Å². The Morgan fingerprint density at radius 3 is 2.19 bits per heavy atom. The number of halogens is 3. The average Bonchev–Trinajstić information content (AvgIpc) is 2.74. The first kappa shape index (κ1) is 24.0. The minimum absolute atomic E-state index is 0.0958. The van der Waals surface area contributed by atoms with Gasteiger partial charge < -0.3 is 9.80 Å². The van der Waals surface area contributed by atoms with Gasteiger partial charge in [-0.2, -0.15) is 13.2 Å². The summed E-state index contributed by atoms with van der Waals surface area (Å²) < 4.78 is 64.6. The van der Waals surface area contributed by atoms with E-state index in [-0.39, 0.29) is 16.4 Å². The standard InChI is InChI=1S/C21H25F3N4O3S/c1-14-11-16(12-18(15(14)2)32(30,31)26(3)4)20(29)28-9-7-27(8-10-28)19-6-5-17(13-25-19)21(22,23)24/h5-6,11-13H,7-10H2,1-4H3. The predicted octanol–water partition coefficient (Wildman–Crippen LogP) is 2.93. The fourth-order valence-electron chi connectivity index (χ4n) is 3.48. The van der Waals surface area contributed by atoms with Crippen molar-refractivity contribution >= 4 is 21.7 Å². The van der Waals surface area contributed by atoms with Crippen molar-refractivity contribution in [2.24, 2.45) is 0 Å². The Morgan fingerprint density at radius 1 is 1.06 bits per heavy atom. The number of carbonyl (C=O) groups is 1. The van der Waals surface area contributed by atoms with Gasteiger partial charge in [-0.15, -0.1) is 0 Å². The van der Waals surface area contributed by atoms with Gasteiger partial charge in [-0.3, -0.25) is 4.79 Å². The normalized spacial score (nSPS) is 15.4. The van der Waals surface area contributed by atoms with Gasteiger partial charge in [-0.25, -0.2) is 17.7 Å². The average molecular weight is 471 g/mol. The molecule has 7 nitrogen and oxygen atoms in total. The Kier molecular flexibility index (Phi) is 6.52. The number of aromatic nitrogens is 1. The minimum Gasteiger partial charge on any atom is -0.353 e. The van der Waals surface area contributed by atoms with Crippen LogP contribution >= 0.6 is 0 Å². The Labute approximate surface area is 185 Å². The van der Waals surface area contributed by atoms with Crippen molar-refractivity contribution in [2.45, 2.75) is 24.9 Å². The molecule has 1 aromatic heterocycles. The fraction of sp³-hybridized carbons (Fsp3) is 0.429. The van der Waals surface area contributed by atoms with Crippen LogP contribution < -0.4 is 4.90 Å². The summed E-state index contributed by atoms with van der Waals surface area (Å²) in [5.74, 6) is 0.124. The molecule has 0 unspecified atom stereocenters. The third kappa shape index (κ3) is 4.73. The largest absolute Gasteiger partial charge is 0.417 e. The quantitative estimate of drug-likeness (QED) is 0.687. The molecular weight excluding hydrogens is 445 g/mol. The molecule has 1 amide bonds. The SMILES string of the molecule is Cc1cc(C(=O)N2CCN(c3ccc(C(F)(F)F)cn3)CC2)cc(S(=O)(=O)N(C)C)c1C. The lowest BCUT2D eigenvalue weighted by molar-refractivity contribution is -0.137. The molecule has 174 valence electrons. The van der Waals surface area contributed by atoms with Crippen LogP contribution in [0.25, 0.3) is 0 Å². The molecule has 0 aliphatic carbocycles. The maximum atomic E-state index is 13.1. The van der Waals surface area contributed by atoms with Crippen molar-refractivity contribution in [3.05, 3.63) is 52.7 Å². The second-order valence-electron chi connectivity index (χ2n) is 7.89. The smallest absolute Gasteiger partial charge is 0.353 e. The summed E-state index contributed by atoms with van der Waals surface area (Å²) in [6.45, 7) is 4.94. The lowest BCUT2D eigenvalue weighted by atomic mass is 10.0. The lowest BCUT2D eigenvalue weighted by Gasteiger charge is -2.35. The Morgan fingerprint density at radius 2 is 1.69 bits per heavy atom. The zero-order chi connectivity index (χ0) is 23.8. The third-order valence-corrected chi connectivity index (χ3v) is 7.53. The van der Waals surface area contributed by atoms with Gasteiger partial charge in [0.2, 0.25) is 10.0 Å². The van der Waals surface area contributed by atoms with E-state index in [1.54, 1.807) is 24.8 Å². The maximum absolute atomic E-state index is 13.1. The van der Waals surface area contributed by atoms with Crippen molar-refractivity contribution in [3.8, 4) is 0 Å². The number of anilines is 1. The molecule has 0 atom stereocenters. The number of carbonyl (C=O) groups excluding carboxylic acids is 1. The zero-order valence-corrected chi connectivity index (χ0v) is 19.1. The second kappa shape index (κ2) is 8.70. The van der Waals surface area contributed by atoms with Gasteiger partial charge in [0.25, 0.3) is 5.91 Å². The molecule has 0 saturated carbocycles. The van der Waals surface area contributed by atoms with Crippen LogP contribution in [-0.2, 0) is 16.2 Å². The summed E-state index contributed by atoms with van der Waals surface area (Å²) in [5.41, 5.74) is 0.764. The number of pyridine rings is 1. The van der Waals surface area contributed by atoms with Crippen LogP contribution in [0, 0.1) is 13.8 Å². The molecule has 0 bridgehead atoms. The number of benzene rings is 1. The van der Waals surface area contributed by atoms with Crippen LogP contribution in [0.2, 0.25) is 0 Å². The van der Waals surface area contributed by atoms with E-state index in [1.165, 1.54) is 26.2 Å². The van der Waals surface area contributed by atoms with E-state index >= 15 is 0 Å². The molecule has 1 aromatic carbocycles. The molecule has 1 aliphatic heterocycles. The van der Waals surface area contributed by atoms with Crippen LogP contribution in [0.5, 0.6) is 0 Å². The number of hydrogen-bond acceptors (Lipinski definition) is 5. The summed E-state index contributed by atoms with van der Waals surface area (Å²) in [6, 6.07) is 5.39. The number of hydrogen-bond donors (Lipinski definition) is 0. The molecule has 1 aliphatic rings. The predicted molar refractivity (Wildman–Crippen MR) is 114 cm³/mol. The second-order valence-corrected chi connectivity index (χ2v) is 10.0. The molecule has 2 heterocycles. The van der Waals surface area contributed by atoms with Gasteiger partial charge in [-0.1, -0.05) is 0 Å². The van der Waals surface area contributed by atoms with Crippen molar-refractivity contribution < 1.29 is 26.4 Å². The van der Waals surface area contributed by atoms with Crippen molar-refractivity contribution in [3.63, 3.8) is 0 Å². The van der Waals surface area contributed by atoms with E-state index in [0.29, 0.717) is 43.1 Å². The first-order valence-corrected chi connectivity index (χ1v) is 11.4. The number of sulfonamides is 1. The van der Waals surface area contributed by atoms with E-state index in [9.17, 15) is 26.4 Å². The highest BCUT2D eigenvalue weighted by Crippen LogP contribution is 2.30. The molecular formula is C21H25F3N4O3S. The van der Waals surface area contributed by atoms with E-state index in [0.717, 1.165) is 16.6 Å². The summed E-state index contributed by atoms with van der Waals surface area (Å²) in [4.78, 5) is 20.5. The number of piperazine rings is 1. The minimum atomic E-state index is -4.44. The molecule has 11 heteroatoms. The summed E-state index contributed by atoms with van der Waals surface area (Å²) in [6.07, 6.45) is -3.64. The van der Waals surface area contributed by atoms with Gasteiger partial charge in [-0.05, 0) is 49.2 Å². The van der Waals surface area contributed by atoms with E-state index in [2.05, 4.69) is 4.98 Å². The molecule has 0 spiro atoms. The topological polar surface area (TPSA) is 73.8 Å². The van der Waals surface area contributed by atoms with Gasteiger partial charge in [0, 0.05) is 52.0 Å². The Bertz CT molecular complexity index is 1110. The van der Waals surface area contributed by atoms with Gasteiger partial charge in [0.1, 0.15) is 5.82 Å². The Balaban J connectivity index is 1.75. The number of rotatable bonds is 4. The van der Waals surface area contributed by atoms with Gasteiger partial charge >= 0.3 is 6.18 Å². The highest BCUT2D eigenvalue weighted by molar-refractivity contribution is 7.89. The molecule has 32 heavy (non-hydrogen) atoms. The van der Waals surface area contributed by atoms with Crippen LogP contribution in [0.15, 0.2) is 35.4 Å². The molecule has 0 radical (unpaired) electrons. The van der Waals surface area contributed by atoms with Crippen molar-refractivity contribution in [1.29, 1.82) is 0 Å². The van der Waals surface area contributed by atoms with Gasteiger partial charge in [0.15, 0.2) is 0 Å². The van der Waals surface area contributed by atoms with Crippen molar-refractivity contribution in [2.75, 3.05) is 45.2 Å². The van der Waals surface area contributed by atoms with E-state index < -0.39 is 21.8 Å². The van der Waals surface area contributed by atoms with E-state index in [1.807, 2.05) is 4.90 Å². The molecule has 1 fully saturated rings. The molecule has 1 saturated heterocycles. The highest BCUT2D eigenvalue weighted by atomic mass is 32.2. The molecule has 2 aromatic rings. The molecule has 3 rings (SSSR count). The third-order valence-electron chi connectivity index (χ3n) is 5.59. The lowest BCUT2D eigenvalue weighted by Crippen LogP contribution is -2.49. The summed E-state index contributed by atoms with van der Waals surface area (Å²) in [5, 5.41) is 0. The number of nitrogens with zero attached hydrogens (tertiary/aromatic N) is 4. The summed E-state index contributed by atoms with van der Waals surface area (Å²) in [7, 11) is -0.834. The maximum Gasteiger partial charge on any atom is 0.417 e. The van der Waals surface area contributed by atoms with Crippen LogP contribution in [0.4, 0.5) is 19.0 Å². The van der Waals surface area contributed by atoms with E-state index in [4.69, 9.17) is 0 Å². The fourth-order valence-corrected chi connectivity index (χ4v) is 4.69. The monoisotopic (exact) mass is 470 g/mol. The van der Waals surface area contributed by atoms with Crippen LogP contribution in [0.1, 0.15) is 27.0 Å². The first-order chi connectivity index (χ1) is 14.8. The number of aryl methyl sites for hydroxylation is 1. The van der Waals surface area contributed by atoms with Crippen LogP contribution in [0.3, 0.4) is 0 Å². The van der Waals surface area contributed by atoms with Crippen LogP contribution in [-0.4, -0.2) is 68.8 Å². The number of alkyl halides is 3. The highest BCUT2D eigenvalue weighted by Gasteiger charge is 2.31.